The maximum atomic E-state index is 12.1. The van der Waals surface area contributed by atoms with Gasteiger partial charge >= 0.3 is 0 Å². The molecule has 0 saturated carbocycles. The number of rotatable bonds is 5. The third-order valence-corrected chi connectivity index (χ3v) is 4.55. The van der Waals surface area contributed by atoms with Gasteiger partial charge in [0.05, 0.1) is 11.0 Å². The van der Waals surface area contributed by atoms with Crippen molar-refractivity contribution in [1.82, 2.24) is 14.8 Å². The molecule has 1 amide bonds. The van der Waals surface area contributed by atoms with Crippen molar-refractivity contribution in [2.45, 2.75) is 39.3 Å². The van der Waals surface area contributed by atoms with E-state index in [0.29, 0.717) is 0 Å². The molecule has 1 aliphatic rings. The maximum Gasteiger partial charge on any atom is 0.239 e. The van der Waals surface area contributed by atoms with E-state index in [2.05, 4.69) is 16.8 Å². The summed E-state index contributed by atoms with van der Waals surface area (Å²) in [6.07, 6.45) is 3.69. The molecule has 2 heterocycles. The quantitative estimate of drug-likeness (QED) is 0.890. The van der Waals surface area contributed by atoms with Gasteiger partial charge in [-0.3, -0.25) is 9.69 Å². The summed E-state index contributed by atoms with van der Waals surface area (Å²) < 4.78 is 0. The number of carbonyl (C=O) groups is 1. The van der Waals surface area contributed by atoms with Crippen molar-refractivity contribution in [2.75, 3.05) is 26.2 Å². The predicted molar refractivity (Wildman–Crippen MR) is 88.8 cm³/mol. The van der Waals surface area contributed by atoms with Gasteiger partial charge in [0.1, 0.15) is 0 Å². The molecule has 0 aromatic carbocycles. The molecule has 0 bridgehead atoms. The zero-order valence-corrected chi connectivity index (χ0v) is 14.4. The summed E-state index contributed by atoms with van der Waals surface area (Å²) in [5.41, 5.74) is 5.91. The molecule has 1 aromatic rings. The van der Waals surface area contributed by atoms with Crippen molar-refractivity contribution in [3.63, 3.8) is 0 Å². The summed E-state index contributed by atoms with van der Waals surface area (Å²) in [6.45, 7) is 8.43. The number of hydrogen-bond acceptors (Lipinski definition) is 5. The molecule has 1 fully saturated rings. The molecule has 0 radical (unpaired) electrons. The monoisotopic (exact) mass is 332 g/mol. The number of nitrogens with two attached hydrogens (primary N) is 1. The van der Waals surface area contributed by atoms with Crippen molar-refractivity contribution < 1.29 is 4.79 Å². The molecule has 1 aromatic heterocycles. The van der Waals surface area contributed by atoms with Gasteiger partial charge in [-0.15, -0.1) is 23.7 Å². The number of amides is 1. The van der Waals surface area contributed by atoms with Crippen molar-refractivity contribution in [3.05, 3.63) is 16.1 Å². The van der Waals surface area contributed by atoms with Crippen molar-refractivity contribution in [1.29, 1.82) is 0 Å². The molecule has 0 spiro atoms. The molecule has 1 atom stereocenters. The Labute approximate surface area is 136 Å². The molecular weight excluding hydrogens is 308 g/mol. The zero-order valence-electron chi connectivity index (χ0n) is 12.7. The Bertz CT molecular complexity index is 446. The summed E-state index contributed by atoms with van der Waals surface area (Å²) in [6, 6.07) is -0.323. The van der Waals surface area contributed by atoms with E-state index in [4.69, 9.17) is 5.73 Å². The van der Waals surface area contributed by atoms with Crippen LogP contribution in [0.3, 0.4) is 0 Å². The van der Waals surface area contributed by atoms with Crippen LogP contribution in [-0.4, -0.2) is 52.9 Å². The first-order chi connectivity index (χ1) is 9.60. The normalized spacial score (nSPS) is 17.4. The van der Waals surface area contributed by atoms with E-state index in [1.807, 2.05) is 18.0 Å². The highest BCUT2D eigenvalue weighted by molar-refractivity contribution is 7.11. The van der Waals surface area contributed by atoms with E-state index >= 15 is 0 Å². The minimum Gasteiger partial charge on any atom is -0.339 e. The Morgan fingerprint density at radius 1 is 1.43 bits per heavy atom. The first kappa shape index (κ1) is 18.4. The number of thiazole rings is 1. The summed E-state index contributed by atoms with van der Waals surface area (Å²) in [7, 11) is 0. The van der Waals surface area contributed by atoms with Crippen LogP contribution in [-0.2, 0) is 11.3 Å². The number of nitrogens with zero attached hydrogens (tertiary/aromatic N) is 3. The average molecular weight is 333 g/mol. The van der Waals surface area contributed by atoms with Crippen LogP contribution in [0, 0.1) is 6.92 Å². The van der Waals surface area contributed by atoms with Crippen LogP contribution in [0.15, 0.2) is 6.20 Å². The van der Waals surface area contributed by atoms with Crippen LogP contribution >= 0.6 is 23.7 Å². The van der Waals surface area contributed by atoms with E-state index in [0.717, 1.165) is 50.6 Å². The summed E-state index contributed by atoms with van der Waals surface area (Å²) in [4.78, 5) is 22.0. The standard InChI is InChI=1S/C14H24N4OS.ClH/c1-3-4-13(15)14(19)18-7-5-17(6-8-18)10-12-9-16-11(2)20-12;/h9,13H,3-8,10,15H2,1-2H3;1H. The van der Waals surface area contributed by atoms with Gasteiger partial charge in [0.2, 0.25) is 5.91 Å². The fourth-order valence-electron chi connectivity index (χ4n) is 2.49. The Kier molecular flexibility index (Phi) is 7.59. The Morgan fingerprint density at radius 3 is 2.62 bits per heavy atom. The minimum atomic E-state index is -0.323. The summed E-state index contributed by atoms with van der Waals surface area (Å²) in [5.74, 6) is 0.111. The molecule has 21 heavy (non-hydrogen) atoms. The number of hydrogen-bond donors (Lipinski definition) is 1. The average Bonchev–Trinajstić information content (AvgIpc) is 2.84. The Hall–Kier alpha value is -0.690. The fraction of sp³-hybridized carbons (Fsp3) is 0.714. The van der Waals surface area contributed by atoms with Gasteiger partial charge in [-0.05, 0) is 13.3 Å². The molecule has 1 aliphatic heterocycles. The zero-order chi connectivity index (χ0) is 14.5. The van der Waals surface area contributed by atoms with Crippen LogP contribution < -0.4 is 5.73 Å². The lowest BCUT2D eigenvalue weighted by Gasteiger charge is -2.35. The molecule has 7 heteroatoms. The maximum absolute atomic E-state index is 12.1. The number of carbonyl (C=O) groups excluding carboxylic acids is 1. The van der Waals surface area contributed by atoms with E-state index in [-0.39, 0.29) is 24.4 Å². The van der Waals surface area contributed by atoms with Crippen molar-refractivity contribution in [2.24, 2.45) is 5.73 Å². The number of aryl methyl sites for hydroxylation is 1. The number of aromatic nitrogens is 1. The third kappa shape index (κ3) is 5.21. The molecule has 2 N–H and O–H groups in total. The van der Waals surface area contributed by atoms with Crippen molar-refractivity contribution >= 4 is 29.7 Å². The van der Waals surface area contributed by atoms with Gasteiger partial charge < -0.3 is 10.6 Å². The highest BCUT2D eigenvalue weighted by Crippen LogP contribution is 2.15. The lowest BCUT2D eigenvalue weighted by Crippen LogP contribution is -2.52. The van der Waals surface area contributed by atoms with Gasteiger partial charge in [-0.2, -0.15) is 0 Å². The second-order valence-corrected chi connectivity index (χ2v) is 6.66. The number of piperazine rings is 1. The van der Waals surface area contributed by atoms with E-state index < -0.39 is 0 Å². The lowest BCUT2D eigenvalue weighted by atomic mass is 10.1. The SMILES string of the molecule is CCCC(N)C(=O)N1CCN(Cc2cnc(C)s2)CC1.Cl. The van der Waals surface area contributed by atoms with Gasteiger partial charge in [-0.1, -0.05) is 13.3 Å². The second kappa shape index (κ2) is 8.68. The molecule has 1 unspecified atom stereocenters. The lowest BCUT2D eigenvalue weighted by molar-refractivity contribution is -0.134. The van der Waals surface area contributed by atoms with Gasteiger partial charge in [0, 0.05) is 43.8 Å². The Morgan fingerprint density at radius 2 is 2.10 bits per heavy atom. The first-order valence-corrected chi connectivity index (χ1v) is 8.10. The highest BCUT2D eigenvalue weighted by atomic mass is 35.5. The van der Waals surface area contributed by atoms with Gasteiger partial charge in [-0.25, -0.2) is 4.98 Å². The van der Waals surface area contributed by atoms with Crippen LogP contribution in [0.4, 0.5) is 0 Å². The van der Waals surface area contributed by atoms with Gasteiger partial charge in [0.15, 0.2) is 0 Å². The molecule has 2 rings (SSSR count). The molecule has 120 valence electrons. The molecule has 1 saturated heterocycles. The van der Waals surface area contributed by atoms with Crippen LogP contribution in [0.2, 0.25) is 0 Å². The highest BCUT2D eigenvalue weighted by Gasteiger charge is 2.24. The van der Waals surface area contributed by atoms with Crippen LogP contribution in [0.25, 0.3) is 0 Å². The topological polar surface area (TPSA) is 62.5 Å². The molecule has 0 aliphatic carbocycles. The molecule has 5 nitrogen and oxygen atoms in total. The van der Waals surface area contributed by atoms with Crippen molar-refractivity contribution in [3.8, 4) is 0 Å². The second-order valence-electron chi connectivity index (χ2n) is 5.34. The summed E-state index contributed by atoms with van der Waals surface area (Å²) >= 11 is 1.75. The predicted octanol–water partition coefficient (Wildman–Crippen LogP) is 1.64. The van der Waals surface area contributed by atoms with Crippen LogP contribution in [0.1, 0.15) is 29.7 Å². The van der Waals surface area contributed by atoms with E-state index in [9.17, 15) is 4.79 Å². The van der Waals surface area contributed by atoms with Crippen LogP contribution in [0.5, 0.6) is 0 Å². The largest absolute Gasteiger partial charge is 0.339 e. The number of halogens is 1. The Balaban J connectivity index is 0.00000220. The van der Waals surface area contributed by atoms with E-state index in [1.54, 1.807) is 11.3 Å². The molecular formula is C14H25ClN4OS. The summed E-state index contributed by atoms with van der Waals surface area (Å²) in [5, 5.41) is 1.11. The first-order valence-electron chi connectivity index (χ1n) is 7.28. The third-order valence-electron chi connectivity index (χ3n) is 3.65. The smallest absolute Gasteiger partial charge is 0.239 e. The van der Waals surface area contributed by atoms with Gasteiger partial charge in [0.25, 0.3) is 0 Å². The minimum absolute atomic E-state index is 0. The fourth-order valence-corrected chi connectivity index (χ4v) is 3.33. The van der Waals surface area contributed by atoms with E-state index in [1.165, 1.54) is 4.88 Å².